The summed E-state index contributed by atoms with van der Waals surface area (Å²) < 4.78 is 72.6. The molecule has 166 valence electrons. The molecule has 4 rings (SSSR count). The van der Waals surface area contributed by atoms with Crippen LogP contribution in [0.5, 0.6) is 11.5 Å². The summed E-state index contributed by atoms with van der Waals surface area (Å²) in [5, 5.41) is 0. The maximum Gasteiger partial charge on any atom is 0.573 e. The van der Waals surface area contributed by atoms with Crippen molar-refractivity contribution in [3.63, 3.8) is 0 Å². The lowest BCUT2D eigenvalue weighted by Gasteiger charge is -2.31. The average molecular weight is 456 g/mol. The number of rotatable bonds is 4. The minimum absolute atomic E-state index is 0.0181. The summed E-state index contributed by atoms with van der Waals surface area (Å²) in [6, 6.07) is 11.1. The number of benzene rings is 2. The molecule has 11 heteroatoms. The van der Waals surface area contributed by atoms with E-state index in [1.165, 1.54) is 17.0 Å². The van der Waals surface area contributed by atoms with Gasteiger partial charge >= 0.3 is 6.36 Å². The Hall–Kier alpha value is -2.79. The number of carbonyl (C=O) groups is 1. The van der Waals surface area contributed by atoms with Gasteiger partial charge in [0.25, 0.3) is 0 Å². The fourth-order valence-corrected chi connectivity index (χ4v) is 4.92. The summed E-state index contributed by atoms with van der Waals surface area (Å²) in [5.74, 6) is -0.355. The summed E-state index contributed by atoms with van der Waals surface area (Å²) in [6.45, 7) is 0.0885. The molecule has 0 unspecified atom stereocenters. The van der Waals surface area contributed by atoms with E-state index >= 15 is 0 Å². The highest BCUT2D eigenvalue weighted by molar-refractivity contribution is 7.88. The van der Waals surface area contributed by atoms with E-state index in [1.54, 1.807) is 24.3 Å². The van der Waals surface area contributed by atoms with Gasteiger partial charge in [0.2, 0.25) is 15.9 Å². The van der Waals surface area contributed by atoms with Gasteiger partial charge in [-0.25, -0.2) is 8.42 Å². The second kappa shape index (κ2) is 7.72. The van der Waals surface area contributed by atoms with E-state index in [-0.39, 0.29) is 25.3 Å². The monoisotopic (exact) mass is 456 g/mol. The smallest absolute Gasteiger partial charge is 0.487 e. The fraction of sp³-hybridized carbons (Fsp3) is 0.350. The molecule has 0 aliphatic carbocycles. The SMILES string of the molecule is CS(=O)(=O)N1C[C@@H]2C[C@H]1C(=O)N(Cc1ccc(OC(F)(F)F)cc1)c1ccccc1O2. The van der Waals surface area contributed by atoms with E-state index < -0.39 is 34.4 Å². The van der Waals surface area contributed by atoms with Crippen molar-refractivity contribution in [3.05, 3.63) is 54.1 Å². The van der Waals surface area contributed by atoms with Crippen molar-refractivity contribution < 1.29 is 35.9 Å². The first-order chi connectivity index (χ1) is 14.5. The number of anilines is 1. The summed E-state index contributed by atoms with van der Waals surface area (Å²) in [5.41, 5.74) is 1.01. The lowest BCUT2D eigenvalue weighted by Crippen LogP contribution is -2.47. The number of amides is 1. The molecule has 1 amide bonds. The van der Waals surface area contributed by atoms with Crippen molar-refractivity contribution in [2.45, 2.75) is 31.5 Å². The second-order valence-electron chi connectivity index (χ2n) is 7.41. The van der Waals surface area contributed by atoms with Crippen LogP contribution in [0.2, 0.25) is 0 Å². The Labute approximate surface area is 177 Å². The van der Waals surface area contributed by atoms with Crippen LogP contribution < -0.4 is 14.4 Å². The number of halogens is 3. The van der Waals surface area contributed by atoms with Gasteiger partial charge in [-0.2, -0.15) is 4.31 Å². The Morgan fingerprint density at radius 1 is 1.13 bits per heavy atom. The van der Waals surface area contributed by atoms with E-state index in [4.69, 9.17) is 4.74 Å². The van der Waals surface area contributed by atoms with E-state index in [0.29, 0.717) is 17.0 Å². The molecule has 1 fully saturated rings. The Kier molecular flexibility index (Phi) is 5.34. The number of ether oxygens (including phenoxy) is 2. The molecule has 1 saturated heterocycles. The number of fused-ring (bicyclic) bond motifs is 3. The average Bonchev–Trinajstić information content (AvgIpc) is 3.11. The number of hydrogen-bond donors (Lipinski definition) is 0. The summed E-state index contributed by atoms with van der Waals surface area (Å²) >= 11 is 0. The molecule has 7 nitrogen and oxygen atoms in total. The zero-order valence-corrected chi connectivity index (χ0v) is 17.2. The standard InChI is InChI=1S/C20H19F3N2O5S/c1-31(27,28)25-12-15-10-17(25)19(26)24(16-4-2-3-5-18(16)29-15)11-13-6-8-14(9-7-13)30-20(21,22)23/h2-9,15,17H,10-12H2,1H3/t15-,17-/m0/s1. The van der Waals surface area contributed by atoms with Crippen molar-refractivity contribution in [1.29, 1.82) is 0 Å². The molecule has 0 radical (unpaired) electrons. The Morgan fingerprint density at radius 3 is 2.45 bits per heavy atom. The van der Waals surface area contributed by atoms with Gasteiger partial charge in [0.05, 0.1) is 25.0 Å². The molecular weight excluding hydrogens is 437 g/mol. The van der Waals surface area contributed by atoms with E-state index in [1.807, 2.05) is 0 Å². The van der Waals surface area contributed by atoms with Crippen LogP contribution in [0.25, 0.3) is 0 Å². The third-order valence-corrected chi connectivity index (χ3v) is 6.40. The molecule has 2 heterocycles. The number of hydrogen-bond acceptors (Lipinski definition) is 5. The van der Waals surface area contributed by atoms with Crippen LogP contribution in [0.1, 0.15) is 12.0 Å². The molecule has 0 spiro atoms. The number of para-hydroxylation sites is 2. The summed E-state index contributed by atoms with van der Waals surface area (Å²) in [6.07, 6.45) is -3.99. The largest absolute Gasteiger partial charge is 0.573 e. The first kappa shape index (κ1) is 21.4. The van der Waals surface area contributed by atoms with Crippen molar-refractivity contribution in [1.82, 2.24) is 4.31 Å². The minimum Gasteiger partial charge on any atom is -0.487 e. The number of carbonyl (C=O) groups excluding carboxylic acids is 1. The zero-order valence-electron chi connectivity index (χ0n) is 16.4. The molecule has 0 aromatic heterocycles. The van der Waals surface area contributed by atoms with Crippen LogP contribution in [0.4, 0.5) is 18.9 Å². The minimum atomic E-state index is -4.80. The first-order valence-electron chi connectivity index (χ1n) is 9.40. The van der Waals surface area contributed by atoms with E-state index in [2.05, 4.69) is 4.74 Å². The molecule has 2 bridgehead atoms. The normalized spacial score (nSPS) is 21.8. The van der Waals surface area contributed by atoms with Gasteiger partial charge in [0.15, 0.2) is 0 Å². The molecule has 2 aromatic carbocycles. The van der Waals surface area contributed by atoms with Gasteiger partial charge in [-0.3, -0.25) is 4.79 Å². The maximum absolute atomic E-state index is 13.4. The van der Waals surface area contributed by atoms with Crippen molar-refractivity contribution >= 4 is 21.6 Å². The lowest BCUT2D eigenvalue weighted by atomic mass is 10.1. The molecule has 2 aromatic rings. The van der Waals surface area contributed by atoms with Gasteiger partial charge in [-0.05, 0) is 29.8 Å². The molecule has 2 aliphatic rings. The zero-order chi connectivity index (χ0) is 22.4. The van der Waals surface area contributed by atoms with Crippen LogP contribution in [-0.4, -0.2) is 49.9 Å². The lowest BCUT2D eigenvalue weighted by molar-refractivity contribution is -0.274. The summed E-state index contributed by atoms with van der Waals surface area (Å²) in [7, 11) is -3.65. The molecule has 31 heavy (non-hydrogen) atoms. The number of sulfonamides is 1. The molecule has 0 N–H and O–H groups in total. The summed E-state index contributed by atoms with van der Waals surface area (Å²) in [4.78, 5) is 14.8. The van der Waals surface area contributed by atoms with Crippen LogP contribution in [-0.2, 0) is 21.4 Å². The molecule has 0 saturated carbocycles. The Morgan fingerprint density at radius 2 is 1.81 bits per heavy atom. The highest BCUT2D eigenvalue weighted by Crippen LogP contribution is 2.37. The topological polar surface area (TPSA) is 76.2 Å². The van der Waals surface area contributed by atoms with E-state index in [0.717, 1.165) is 22.7 Å². The van der Waals surface area contributed by atoms with Crippen molar-refractivity contribution in [2.75, 3.05) is 17.7 Å². The van der Waals surface area contributed by atoms with Crippen LogP contribution in [0.3, 0.4) is 0 Å². The number of alkyl halides is 3. The van der Waals surface area contributed by atoms with Crippen LogP contribution in [0, 0.1) is 0 Å². The Balaban J connectivity index is 1.67. The third-order valence-electron chi connectivity index (χ3n) is 5.14. The fourth-order valence-electron chi connectivity index (χ4n) is 3.85. The van der Waals surface area contributed by atoms with Gasteiger partial charge in [-0.15, -0.1) is 13.2 Å². The first-order valence-corrected chi connectivity index (χ1v) is 11.2. The highest BCUT2D eigenvalue weighted by Gasteiger charge is 2.46. The van der Waals surface area contributed by atoms with Gasteiger partial charge in [0, 0.05) is 6.42 Å². The van der Waals surface area contributed by atoms with Gasteiger partial charge < -0.3 is 14.4 Å². The molecule has 2 atom stereocenters. The predicted octanol–water partition coefficient (Wildman–Crippen LogP) is 2.91. The van der Waals surface area contributed by atoms with Crippen LogP contribution >= 0.6 is 0 Å². The third kappa shape index (κ3) is 4.62. The maximum atomic E-state index is 13.4. The quantitative estimate of drug-likeness (QED) is 0.707. The number of nitrogens with zero attached hydrogens (tertiary/aromatic N) is 2. The van der Waals surface area contributed by atoms with E-state index in [9.17, 15) is 26.4 Å². The highest BCUT2D eigenvalue weighted by atomic mass is 32.2. The van der Waals surface area contributed by atoms with Gasteiger partial charge in [-0.1, -0.05) is 24.3 Å². The predicted molar refractivity (Wildman–Crippen MR) is 105 cm³/mol. The van der Waals surface area contributed by atoms with Gasteiger partial charge in [0.1, 0.15) is 23.6 Å². The van der Waals surface area contributed by atoms with Crippen LogP contribution in [0.15, 0.2) is 48.5 Å². The van der Waals surface area contributed by atoms with Crippen molar-refractivity contribution in [3.8, 4) is 11.5 Å². The second-order valence-corrected chi connectivity index (χ2v) is 9.34. The molecule has 2 aliphatic heterocycles. The molecular formula is C20H19F3N2O5S. The Bertz CT molecular complexity index is 1090. The van der Waals surface area contributed by atoms with Crippen molar-refractivity contribution in [2.24, 2.45) is 0 Å².